The number of hydrazine groups is 1. The van der Waals surface area contributed by atoms with Gasteiger partial charge in [-0.25, -0.2) is 0 Å². The van der Waals surface area contributed by atoms with Gasteiger partial charge in [0.05, 0.1) is 16.3 Å². The van der Waals surface area contributed by atoms with E-state index in [2.05, 4.69) is 42.7 Å². The number of amides is 2. The summed E-state index contributed by atoms with van der Waals surface area (Å²) in [7, 11) is 0. The fraction of sp³-hybridized carbons (Fsp3) is 0.471. The molecular weight excluding hydrogens is 472 g/mol. The Bertz CT molecular complexity index is 687. The lowest BCUT2D eigenvalue weighted by Crippen LogP contribution is -2.49. The summed E-state index contributed by atoms with van der Waals surface area (Å²) in [5, 5.41) is 9.22. The average Bonchev–Trinajstić information content (AvgIpc) is 2.58. The predicted octanol–water partition coefficient (Wildman–Crippen LogP) is 2.94. The highest BCUT2D eigenvalue weighted by atomic mass is 79.9. The van der Waals surface area contributed by atoms with Crippen LogP contribution in [-0.4, -0.2) is 29.5 Å². The van der Waals surface area contributed by atoms with Gasteiger partial charge in [0.15, 0.2) is 6.61 Å². The number of carboxylic acid groups (broad SMARTS) is 1. The van der Waals surface area contributed by atoms with Crippen LogP contribution < -0.4 is 15.6 Å². The van der Waals surface area contributed by atoms with Crippen molar-refractivity contribution in [1.82, 2.24) is 10.9 Å². The van der Waals surface area contributed by atoms with Crippen molar-refractivity contribution in [3.8, 4) is 5.75 Å². The molecule has 1 fully saturated rings. The van der Waals surface area contributed by atoms with Crippen LogP contribution in [0.4, 0.5) is 0 Å². The SMILES string of the molecule is Cc1cc(Br)cc(Br)c1OCC(=O)NNC(=O)[C@H]1CCCC[C@H]1C(=O)O. The number of carbonyl (C=O) groups excluding carboxylic acids is 2. The minimum absolute atomic E-state index is 0.283. The molecule has 0 aromatic heterocycles. The molecule has 2 amide bonds. The summed E-state index contributed by atoms with van der Waals surface area (Å²) in [6.45, 7) is 1.56. The van der Waals surface area contributed by atoms with Gasteiger partial charge in [0.2, 0.25) is 5.91 Å². The number of carboxylic acids is 1. The van der Waals surface area contributed by atoms with E-state index in [1.807, 2.05) is 13.0 Å². The highest BCUT2D eigenvalue weighted by molar-refractivity contribution is 9.11. The zero-order chi connectivity index (χ0) is 19.3. The average molecular weight is 492 g/mol. The van der Waals surface area contributed by atoms with Crippen LogP contribution in [-0.2, 0) is 14.4 Å². The van der Waals surface area contributed by atoms with Gasteiger partial charge in [-0.1, -0.05) is 28.8 Å². The van der Waals surface area contributed by atoms with E-state index in [4.69, 9.17) is 4.74 Å². The van der Waals surface area contributed by atoms with Gasteiger partial charge in [-0.05, 0) is 53.4 Å². The molecule has 0 radical (unpaired) electrons. The van der Waals surface area contributed by atoms with Crippen molar-refractivity contribution in [1.29, 1.82) is 0 Å². The number of aryl methyl sites for hydroxylation is 1. The van der Waals surface area contributed by atoms with Crippen LogP contribution in [0.1, 0.15) is 31.2 Å². The molecule has 26 heavy (non-hydrogen) atoms. The molecule has 1 aromatic rings. The molecule has 0 heterocycles. The molecule has 7 nitrogen and oxygen atoms in total. The zero-order valence-corrected chi connectivity index (χ0v) is 17.4. The van der Waals surface area contributed by atoms with E-state index in [1.165, 1.54) is 0 Å². The van der Waals surface area contributed by atoms with Crippen molar-refractivity contribution in [3.05, 3.63) is 26.6 Å². The number of hydrogen-bond donors (Lipinski definition) is 3. The molecule has 2 atom stereocenters. The van der Waals surface area contributed by atoms with Gasteiger partial charge in [-0.2, -0.15) is 0 Å². The fourth-order valence-corrected chi connectivity index (χ4v) is 4.56. The van der Waals surface area contributed by atoms with Crippen molar-refractivity contribution in [2.75, 3.05) is 6.61 Å². The highest BCUT2D eigenvalue weighted by Crippen LogP contribution is 2.32. The first kappa shape index (κ1) is 20.7. The van der Waals surface area contributed by atoms with E-state index < -0.39 is 29.6 Å². The summed E-state index contributed by atoms with van der Waals surface area (Å²) in [5.41, 5.74) is 5.43. The smallest absolute Gasteiger partial charge is 0.307 e. The molecule has 1 aliphatic rings. The molecule has 0 aliphatic heterocycles. The number of benzene rings is 1. The molecule has 0 unspecified atom stereocenters. The van der Waals surface area contributed by atoms with Crippen molar-refractivity contribution < 1.29 is 24.2 Å². The van der Waals surface area contributed by atoms with Crippen molar-refractivity contribution in [2.24, 2.45) is 11.8 Å². The molecule has 1 aromatic carbocycles. The van der Waals surface area contributed by atoms with Gasteiger partial charge in [0, 0.05) is 4.47 Å². The molecule has 9 heteroatoms. The van der Waals surface area contributed by atoms with Crippen LogP contribution in [0.3, 0.4) is 0 Å². The summed E-state index contributed by atoms with van der Waals surface area (Å²) < 4.78 is 7.08. The lowest BCUT2D eigenvalue weighted by molar-refractivity contribution is -0.149. The number of rotatable bonds is 5. The minimum atomic E-state index is -0.977. The van der Waals surface area contributed by atoms with Crippen LogP contribution in [0.2, 0.25) is 0 Å². The molecule has 3 N–H and O–H groups in total. The maximum atomic E-state index is 12.2. The van der Waals surface area contributed by atoms with Crippen LogP contribution in [0.5, 0.6) is 5.75 Å². The number of aliphatic carboxylic acids is 1. The summed E-state index contributed by atoms with van der Waals surface area (Å²) in [5.74, 6) is -2.80. The monoisotopic (exact) mass is 490 g/mol. The van der Waals surface area contributed by atoms with Gasteiger partial charge in [-0.15, -0.1) is 0 Å². The van der Waals surface area contributed by atoms with Gasteiger partial charge in [0.25, 0.3) is 5.91 Å². The number of hydrogen-bond acceptors (Lipinski definition) is 4. The quantitative estimate of drug-likeness (QED) is 0.549. The first-order valence-corrected chi connectivity index (χ1v) is 9.78. The van der Waals surface area contributed by atoms with Crippen LogP contribution in [0.25, 0.3) is 0 Å². The molecule has 0 spiro atoms. The summed E-state index contributed by atoms with van der Waals surface area (Å²) in [4.78, 5) is 35.4. The third kappa shape index (κ3) is 5.44. The highest BCUT2D eigenvalue weighted by Gasteiger charge is 2.35. The predicted molar refractivity (Wildman–Crippen MR) is 101 cm³/mol. The number of ether oxygens (including phenoxy) is 1. The Kier molecular flexibility index (Phi) is 7.45. The van der Waals surface area contributed by atoms with Crippen LogP contribution >= 0.6 is 31.9 Å². The maximum Gasteiger partial charge on any atom is 0.307 e. The van der Waals surface area contributed by atoms with Crippen molar-refractivity contribution >= 4 is 49.6 Å². The molecular formula is C17H20Br2N2O5. The second-order valence-corrected chi connectivity index (χ2v) is 7.97. The van der Waals surface area contributed by atoms with E-state index in [9.17, 15) is 19.5 Å². The number of carbonyl (C=O) groups is 3. The molecule has 142 valence electrons. The topological polar surface area (TPSA) is 105 Å². The minimum Gasteiger partial charge on any atom is -0.482 e. The normalized spacial score (nSPS) is 19.5. The number of nitrogens with one attached hydrogen (secondary N) is 2. The van der Waals surface area contributed by atoms with E-state index in [0.29, 0.717) is 23.1 Å². The maximum absolute atomic E-state index is 12.2. The summed E-state index contributed by atoms with van der Waals surface area (Å²) in [6, 6.07) is 3.66. The zero-order valence-electron chi connectivity index (χ0n) is 14.2. The van der Waals surface area contributed by atoms with E-state index in [0.717, 1.165) is 22.9 Å². The van der Waals surface area contributed by atoms with E-state index in [-0.39, 0.29) is 6.61 Å². The van der Waals surface area contributed by atoms with Gasteiger partial charge < -0.3 is 9.84 Å². The Hall–Kier alpha value is -1.61. The second kappa shape index (κ2) is 9.36. The Morgan fingerprint density at radius 1 is 1.15 bits per heavy atom. The lowest BCUT2D eigenvalue weighted by atomic mass is 9.79. The van der Waals surface area contributed by atoms with Crippen molar-refractivity contribution in [3.63, 3.8) is 0 Å². The molecule has 2 rings (SSSR count). The Morgan fingerprint density at radius 2 is 1.81 bits per heavy atom. The molecule has 1 aliphatic carbocycles. The van der Waals surface area contributed by atoms with Gasteiger partial charge in [-0.3, -0.25) is 25.2 Å². The van der Waals surface area contributed by atoms with Gasteiger partial charge >= 0.3 is 5.97 Å². The third-order valence-corrected chi connectivity index (χ3v) is 5.33. The third-order valence-electron chi connectivity index (χ3n) is 4.29. The molecule has 0 bridgehead atoms. The number of halogens is 2. The Morgan fingerprint density at radius 3 is 2.42 bits per heavy atom. The van der Waals surface area contributed by atoms with Crippen LogP contribution in [0.15, 0.2) is 21.1 Å². The van der Waals surface area contributed by atoms with E-state index >= 15 is 0 Å². The second-order valence-electron chi connectivity index (χ2n) is 6.20. The summed E-state index contributed by atoms with van der Waals surface area (Å²) in [6.07, 6.45) is 2.57. The first-order valence-electron chi connectivity index (χ1n) is 8.19. The van der Waals surface area contributed by atoms with Gasteiger partial charge in [0.1, 0.15) is 5.75 Å². The van der Waals surface area contributed by atoms with E-state index in [1.54, 1.807) is 6.07 Å². The largest absolute Gasteiger partial charge is 0.482 e. The first-order chi connectivity index (χ1) is 12.3. The standard InChI is InChI=1S/C17H20Br2N2O5/c1-9-6-10(18)7-13(19)15(9)26-8-14(22)20-21-16(23)11-4-2-3-5-12(11)17(24)25/h6-7,11-12H,2-5,8H2,1H3,(H,20,22)(H,21,23)(H,24,25)/t11-,12+/m0/s1. The lowest BCUT2D eigenvalue weighted by Gasteiger charge is -2.27. The molecule has 0 saturated heterocycles. The Labute approximate surface area is 168 Å². The van der Waals surface area contributed by atoms with Crippen molar-refractivity contribution in [2.45, 2.75) is 32.6 Å². The Balaban J connectivity index is 1.85. The summed E-state index contributed by atoms with van der Waals surface area (Å²) >= 11 is 6.74. The molecule has 1 saturated carbocycles. The fourth-order valence-electron chi connectivity index (χ4n) is 3.01. The van der Waals surface area contributed by atoms with Crippen LogP contribution in [0, 0.1) is 18.8 Å².